The lowest BCUT2D eigenvalue weighted by atomic mass is 10.1. The van der Waals surface area contributed by atoms with Crippen molar-refractivity contribution in [2.24, 2.45) is 0 Å². The molecule has 0 aliphatic heterocycles. The topological polar surface area (TPSA) is 68.7 Å². The van der Waals surface area contributed by atoms with Gasteiger partial charge in [-0.3, -0.25) is 9.69 Å². The number of hydrogen-bond donors (Lipinski definition) is 0. The Labute approximate surface area is 196 Å². The molecule has 0 fully saturated rings. The Morgan fingerprint density at radius 2 is 1.55 bits per heavy atom. The van der Waals surface area contributed by atoms with Crippen LogP contribution in [0.25, 0.3) is 0 Å². The second kappa shape index (κ2) is 10.6. The van der Waals surface area contributed by atoms with Crippen LogP contribution in [0.5, 0.6) is 5.75 Å². The lowest BCUT2D eigenvalue weighted by molar-refractivity contribution is -0.115. The van der Waals surface area contributed by atoms with E-state index in [9.17, 15) is 9.59 Å². The molecule has 1 amide bonds. The van der Waals surface area contributed by atoms with Crippen LogP contribution in [-0.4, -0.2) is 16.9 Å². The molecular weight excluding hydrogens is 436 g/mol. The maximum absolute atomic E-state index is 12.8. The minimum atomic E-state index is -0.455. The third kappa shape index (κ3) is 5.64. The molecule has 0 radical (unpaired) electrons. The molecule has 3 aromatic carbocycles. The summed E-state index contributed by atoms with van der Waals surface area (Å²) >= 11 is 1.32. The van der Waals surface area contributed by atoms with Gasteiger partial charge >= 0.3 is 5.97 Å². The van der Waals surface area contributed by atoms with Gasteiger partial charge in [-0.05, 0) is 30.3 Å². The van der Waals surface area contributed by atoms with Gasteiger partial charge in [-0.1, -0.05) is 54.6 Å². The van der Waals surface area contributed by atoms with Crippen molar-refractivity contribution in [3.63, 3.8) is 0 Å². The molecule has 0 aliphatic rings. The molecule has 0 bridgehead atoms. The maximum atomic E-state index is 12.8. The monoisotopic (exact) mass is 458 g/mol. The van der Waals surface area contributed by atoms with Gasteiger partial charge in [0.2, 0.25) is 5.91 Å². The van der Waals surface area contributed by atoms with Gasteiger partial charge in [-0.2, -0.15) is 0 Å². The number of anilines is 2. The molecule has 0 N–H and O–H groups in total. The second-order valence-corrected chi connectivity index (χ2v) is 7.98. The summed E-state index contributed by atoms with van der Waals surface area (Å²) in [5, 5.41) is 2.31. The predicted molar refractivity (Wildman–Crippen MR) is 128 cm³/mol. The zero-order chi connectivity index (χ0) is 23.0. The van der Waals surface area contributed by atoms with E-state index in [1.807, 2.05) is 72.8 Å². The van der Waals surface area contributed by atoms with Crippen LogP contribution >= 0.6 is 11.3 Å². The molecule has 1 aromatic heterocycles. The Morgan fingerprint density at radius 3 is 2.27 bits per heavy atom. The molecule has 33 heavy (non-hydrogen) atoms. The van der Waals surface area contributed by atoms with Gasteiger partial charge in [0.25, 0.3) is 0 Å². The van der Waals surface area contributed by atoms with Crippen molar-refractivity contribution in [2.75, 3.05) is 4.90 Å². The molecule has 4 aromatic rings. The number of rotatable bonds is 8. The fraction of sp³-hybridized carbons (Fsp3) is 0.115. The largest absolute Gasteiger partial charge is 0.489 e. The Morgan fingerprint density at radius 1 is 0.879 bits per heavy atom. The molecule has 0 atom stereocenters. The maximum Gasteiger partial charge on any atom is 0.338 e. The van der Waals surface area contributed by atoms with E-state index < -0.39 is 5.97 Å². The number of benzene rings is 3. The summed E-state index contributed by atoms with van der Waals surface area (Å²) < 4.78 is 11.3. The normalized spacial score (nSPS) is 10.5. The van der Waals surface area contributed by atoms with Gasteiger partial charge in [0.1, 0.15) is 19.0 Å². The average molecular weight is 459 g/mol. The highest BCUT2D eigenvalue weighted by atomic mass is 32.1. The minimum Gasteiger partial charge on any atom is -0.489 e. The first-order valence-corrected chi connectivity index (χ1v) is 11.2. The lowest BCUT2D eigenvalue weighted by Crippen LogP contribution is -2.22. The first-order valence-electron chi connectivity index (χ1n) is 10.3. The molecule has 0 unspecified atom stereocenters. The van der Waals surface area contributed by atoms with Crippen molar-refractivity contribution in [2.45, 2.75) is 20.1 Å². The van der Waals surface area contributed by atoms with Crippen LogP contribution in [0.4, 0.5) is 10.8 Å². The molecule has 0 aliphatic carbocycles. The van der Waals surface area contributed by atoms with E-state index in [-0.39, 0.29) is 19.1 Å². The Balaban J connectivity index is 1.42. The fourth-order valence-electron chi connectivity index (χ4n) is 3.21. The summed E-state index contributed by atoms with van der Waals surface area (Å²) in [4.78, 5) is 31.0. The van der Waals surface area contributed by atoms with Crippen molar-refractivity contribution < 1.29 is 19.1 Å². The van der Waals surface area contributed by atoms with Crippen molar-refractivity contribution in [1.29, 1.82) is 0 Å². The Hall–Kier alpha value is -3.97. The van der Waals surface area contributed by atoms with Gasteiger partial charge in [-0.25, -0.2) is 9.78 Å². The number of aromatic nitrogens is 1. The summed E-state index contributed by atoms with van der Waals surface area (Å²) in [5.41, 5.74) is 2.48. The molecule has 1 heterocycles. The van der Waals surface area contributed by atoms with Crippen molar-refractivity contribution in [1.82, 2.24) is 4.98 Å². The summed E-state index contributed by atoms with van der Waals surface area (Å²) in [5.74, 6) is 0.124. The fourth-order valence-corrected chi connectivity index (χ4v) is 4.08. The number of amides is 1. The van der Waals surface area contributed by atoms with Gasteiger partial charge in [-0.15, -0.1) is 11.3 Å². The molecule has 7 heteroatoms. The van der Waals surface area contributed by atoms with Gasteiger partial charge < -0.3 is 9.47 Å². The lowest BCUT2D eigenvalue weighted by Gasteiger charge is -2.17. The first kappa shape index (κ1) is 22.2. The highest BCUT2D eigenvalue weighted by Crippen LogP contribution is 2.29. The highest BCUT2D eigenvalue weighted by Gasteiger charge is 2.19. The average Bonchev–Trinajstić information content (AvgIpc) is 3.31. The van der Waals surface area contributed by atoms with E-state index in [2.05, 4.69) is 4.98 Å². The first-order chi connectivity index (χ1) is 16.1. The Bertz CT molecular complexity index is 1230. The number of nitrogens with zero attached hydrogens (tertiary/aromatic N) is 2. The molecular formula is C26H22N2O4S. The van der Waals surface area contributed by atoms with Crippen molar-refractivity contribution in [3.05, 3.63) is 107 Å². The van der Waals surface area contributed by atoms with Crippen LogP contribution in [-0.2, 0) is 22.7 Å². The van der Waals surface area contributed by atoms with Crippen LogP contribution in [0.15, 0.2) is 90.3 Å². The molecule has 166 valence electrons. The highest BCUT2D eigenvalue weighted by molar-refractivity contribution is 7.14. The van der Waals surface area contributed by atoms with Crippen LogP contribution in [0.2, 0.25) is 0 Å². The number of carbonyl (C=O) groups is 2. The summed E-state index contributed by atoms with van der Waals surface area (Å²) in [6.07, 6.45) is 0. The number of para-hydroxylation sites is 2. The number of ether oxygens (including phenoxy) is 2. The van der Waals surface area contributed by atoms with Gasteiger partial charge in [0.15, 0.2) is 5.13 Å². The van der Waals surface area contributed by atoms with Crippen LogP contribution in [0.3, 0.4) is 0 Å². The number of hydrogen-bond acceptors (Lipinski definition) is 6. The van der Waals surface area contributed by atoms with E-state index in [1.165, 1.54) is 23.2 Å². The van der Waals surface area contributed by atoms with Gasteiger partial charge in [0.05, 0.1) is 16.9 Å². The third-order valence-electron chi connectivity index (χ3n) is 4.79. The zero-order valence-corrected chi connectivity index (χ0v) is 18.8. The van der Waals surface area contributed by atoms with Gasteiger partial charge in [0, 0.05) is 17.9 Å². The summed E-state index contributed by atoms with van der Waals surface area (Å²) in [6.45, 7) is 1.74. The minimum absolute atomic E-state index is 0.00371. The SMILES string of the molecule is CC(=O)N(c1ccccc1)c1nc(COC(=O)c2ccccc2COc2ccccc2)cs1. The molecule has 0 saturated heterocycles. The predicted octanol–water partition coefficient (Wildman–Crippen LogP) is 5.76. The third-order valence-corrected chi connectivity index (χ3v) is 5.66. The smallest absolute Gasteiger partial charge is 0.338 e. The second-order valence-electron chi connectivity index (χ2n) is 7.15. The number of thiazole rings is 1. The van der Waals surface area contributed by atoms with Crippen LogP contribution in [0.1, 0.15) is 28.5 Å². The van der Waals surface area contributed by atoms with E-state index in [0.29, 0.717) is 16.4 Å². The van der Waals surface area contributed by atoms with Crippen LogP contribution < -0.4 is 9.64 Å². The zero-order valence-electron chi connectivity index (χ0n) is 18.0. The number of esters is 1. The van der Waals surface area contributed by atoms with E-state index in [4.69, 9.17) is 9.47 Å². The summed E-state index contributed by atoms with van der Waals surface area (Å²) in [7, 11) is 0. The van der Waals surface area contributed by atoms with E-state index in [1.54, 1.807) is 17.5 Å². The molecule has 0 spiro atoms. The van der Waals surface area contributed by atoms with E-state index >= 15 is 0 Å². The molecule has 4 rings (SSSR count). The standard InChI is InChI=1S/C26H22N2O4S/c1-19(29)28(22-11-4-2-5-12-22)26-27-21(18-33-26)17-32-25(30)24-15-9-8-10-20(24)16-31-23-13-6-3-7-14-23/h2-15,18H,16-17H2,1H3. The number of carbonyl (C=O) groups excluding carboxylic acids is 2. The molecule has 6 nitrogen and oxygen atoms in total. The van der Waals surface area contributed by atoms with Crippen LogP contribution in [0, 0.1) is 0 Å². The molecule has 0 saturated carbocycles. The van der Waals surface area contributed by atoms with Crippen molar-refractivity contribution >= 4 is 34.0 Å². The Kier molecular flexibility index (Phi) is 7.12. The van der Waals surface area contributed by atoms with E-state index in [0.717, 1.165) is 17.0 Å². The quantitative estimate of drug-likeness (QED) is 0.314. The van der Waals surface area contributed by atoms with Crippen molar-refractivity contribution in [3.8, 4) is 5.75 Å². The summed E-state index contributed by atoms with van der Waals surface area (Å²) in [6, 6.07) is 25.9.